The zero-order valence-corrected chi connectivity index (χ0v) is 12.7. The van der Waals surface area contributed by atoms with E-state index in [-0.39, 0.29) is 5.91 Å². The molecule has 0 spiro atoms. The van der Waals surface area contributed by atoms with Crippen LogP contribution in [0.25, 0.3) is 0 Å². The van der Waals surface area contributed by atoms with Gasteiger partial charge in [0.25, 0.3) is 5.91 Å². The number of halogens is 1. The van der Waals surface area contributed by atoms with Gasteiger partial charge < -0.3 is 9.32 Å². The SMILES string of the molecule is CN(C)c1ccc(/C=N/NC(=O)c2ccc(Br)cc2)o1. The molecule has 6 heteroatoms. The third-order valence-corrected chi connectivity index (χ3v) is 3.05. The normalized spacial score (nSPS) is 10.8. The van der Waals surface area contributed by atoms with Gasteiger partial charge in [-0.05, 0) is 30.3 Å². The molecule has 0 bridgehead atoms. The standard InChI is InChI=1S/C14H14BrN3O2/c1-18(2)13-8-7-12(20-13)9-16-17-14(19)10-3-5-11(15)6-4-10/h3-9H,1-2H3,(H,17,19)/b16-9+. The Morgan fingerprint density at radius 2 is 1.95 bits per heavy atom. The lowest BCUT2D eigenvalue weighted by Crippen LogP contribution is -2.17. The summed E-state index contributed by atoms with van der Waals surface area (Å²) in [6.45, 7) is 0. The number of anilines is 1. The van der Waals surface area contributed by atoms with E-state index >= 15 is 0 Å². The average molecular weight is 336 g/mol. The number of carbonyl (C=O) groups is 1. The minimum absolute atomic E-state index is 0.270. The molecule has 1 aromatic heterocycles. The number of hydrogen-bond acceptors (Lipinski definition) is 4. The highest BCUT2D eigenvalue weighted by Gasteiger charge is 2.04. The molecule has 1 aromatic carbocycles. The van der Waals surface area contributed by atoms with E-state index in [4.69, 9.17) is 4.42 Å². The lowest BCUT2D eigenvalue weighted by atomic mass is 10.2. The first-order valence-corrected chi connectivity index (χ1v) is 6.71. The molecule has 0 aliphatic carbocycles. The molecule has 0 unspecified atom stereocenters. The van der Waals surface area contributed by atoms with Crippen molar-refractivity contribution >= 4 is 33.9 Å². The van der Waals surface area contributed by atoms with Gasteiger partial charge in [-0.2, -0.15) is 5.10 Å². The molecule has 0 aliphatic heterocycles. The fourth-order valence-corrected chi connectivity index (χ4v) is 1.74. The van der Waals surface area contributed by atoms with Gasteiger partial charge in [-0.1, -0.05) is 15.9 Å². The molecule has 0 saturated carbocycles. The highest BCUT2D eigenvalue weighted by molar-refractivity contribution is 9.10. The van der Waals surface area contributed by atoms with Crippen LogP contribution < -0.4 is 10.3 Å². The number of amides is 1. The summed E-state index contributed by atoms with van der Waals surface area (Å²) in [6.07, 6.45) is 1.46. The molecule has 0 fully saturated rings. The summed E-state index contributed by atoms with van der Waals surface area (Å²) in [5.41, 5.74) is 2.99. The second-order valence-electron chi connectivity index (χ2n) is 4.28. The van der Waals surface area contributed by atoms with E-state index in [9.17, 15) is 4.79 Å². The predicted octanol–water partition coefficient (Wildman–Crippen LogP) is 2.87. The number of nitrogens with zero attached hydrogens (tertiary/aromatic N) is 2. The van der Waals surface area contributed by atoms with Crippen LogP contribution in [0.5, 0.6) is 0 Å². The third kappa shape index (κ3) is 3.71. The lowest BCUT2D eigenvalue weighted by Gasteiger charge is -2.05. The van der Waals surface area contributed by atoms with Gasteiger partial charge in [-0.15, -0.1) is 0 Å². The van der Waals surface area contributed by atoms with Crippen molar-refractivity contribution in [3.63, 3.8) is 0 Å². The number of hydrazone groups is 1. The Bertz CT molecular complexity index is 618. The molecule has 0 saturated heterocycles. The fraction of sp³-hybridized carbons (Fsp3) is 0.143. The first-order valence-electron chi connectivity index (χ1n) is 5.92. The van der Waals surface area contributed by atoms with E-state index < -0.39 is 0 Å². The molecule has 1 amide bonds. The van der Waals surface area contributed by atoms with Crippen LogP contribution in [0.15, 0.2) is 50.4 Å². The van der Waals surface area contributed by atoms with Gasteiger partial charge in [0, 0.05) is 30.2 Å². The van der Waals surface area contributed by atoms with Crippen LogP contribution >= 0.6 is 15.9 Å². The van der Waals surface area contributed by atoms with Gasteiger partial charge in [0.2, 0.25) is 0 Å². The molecular formula is C14H14BrN3O2. The van der Waals surface area contributed by atoms with Gasteiger partial charge in [-0.3, -0.25) is 4.79 Å². The van der Waals surface area contributed by atoms with E-state index in [0.29, 0.717) is 11.3 Å². The summed E-state index contributed by atoms with van der Waals surface area (Å²) >= 11 is 3.31. The number of furan rings is 1. The molecule has 0 atom stereocenters. The Morgan fingerprint density at radius 1 is 1.25 bits per heavy atom. The van der Waals surface area contributed by atoms with Crippen LogP contribution in [0.2, 0.25) is 0 Å². The number of rotatable bonds is 4. The summed E-state index contributed by atoms with van der Waals surface area (Å²) in [4.78, 5) is 13.6. The number of benzene rings is 1. The zero-order chi connectivity index (χ0) is 14.5. The van der Waals surface area contributed by atoms with Gasteiger partial charge in [-0.25, -0.2) is 5.43 Å². The monoisotopic (exact) mass is 335 g/mol. The second kappa shape index (κ2) is 6.38. The fourth-order valence-electron chi connectivity index (χ4n) is 1.47. The number of carbonyl (C=O) groups excluding carboxylic acids is 1. The molecule has 5 nitrogen and oxygen atoms in total. The van der Waals surface area contributed by atoms with E-state index in [1.54, 1.807) is 30.3 Å². The first kappa shape index (κ1) is 14.3. The molecule has 2 rings (SSSR count). The van der Waals surface area contributed by atoms with Crippen LogP contribution in [0, 0.1) is 0 Å². The zero-order valence-electron chi connectivity index (χ0n) is 11.1. The topological polar surface area (TPSA) is 57.8 Å². The number of hydrogen-bond donors (Lipinski definition) is 1. The van der Waals surface area contributed by atoms with Crippen LogP contribution in [-0.2, 0) is 0 Å². The summed E-state index contributed by atoms with van der Waals surface area (Å²) in [5, 5.41) is 3.86. The molecule has 1 heterocycles. The maximum atomic E-state index is 11.8. The van der Waals surface area contributed by atoms with Crippen molar-refractivity contribution in [3.8, 4) is 0 Å². The Hall–Kier alpha value is -2.08. The van der Waals surface area contributed by atoms with Crippen LogP contribution in [0.3, 0.4) is 0 Å². The van der Waals surface area contributed by atoms with Gasteiger partial charge in [0.05, 0.1) is 6.21 Å². The molecule has 20 heavy (non-hydrogen) atoms. The summed E-state index contributed by atoms with van der Waals surface area (Å²) in [5.74, 6) is 1.03. The highest BCUT2D eigenvalue weighted by atomic mass is 79.9. The quantitative estimate of drug-likeness (QED) is 0.690. The smallest absolute Gasteiger partial charge is 0.271 e. The third-order valence-electron chi connectivity index (χ3n) is 2.52. The van der Waals surface area contributed by atoms with Gasteiger partial charge in [0.1, 0.15) is 5.76 Å². The summed E-state index contributed by atoms with van der Waals surface area (Å²) in [6, 6.07) is 10.6. The van der Waals surface area contributed by atoms with Gasteiger partial charge in [0.15, 0.2) is 5.88 Å². The lowest BCUT2D eigenvalue weighted by molar-refractivity contribution is 0.0955. The van der Waals surface area contributed by atoms with E-state index in [2.05, 4.69) is 26.5 Å². The van der Waals surface area contributed by atoms with Crippen LogP contribution in [-0.4, -0.2) is 26.2 Å². The largest absolute Gasteiger partial charge is 0.440 e. The van der Waals surface area contributed by atoms with Crippen molar-refractivity contribution in [2.24, 2.45) is 5.10 Å². The minimum atomic E-state index is -0.270. The first-order chi connectivity index (χ1) is 9.56. The van der Waals surface area contributed by atoms with Crippen molar-refractivity contribution in [1.82, 2.24) is 5.43 Å². The minimum Gasteiger partial charge on any atom is -0.440 e. The number of nitrogens with one attached hydrogen (secondary N) is 1. The Morgan fingerprint density at radius 3 is 2.55 bits per heavy atom. The van der Waals surface area contributed by atoms with Gasteiger partial charge >= 0.3 is 0 Å². The maximum Gasteiger partial charge on any atom is 0.271 e. The summed E-state index contributed by atoms with van der Waals surface area (Å²) < 4.78 is 6.39. The molecule has 0 aliphatic rings. The molecule has 0 radical (unpaired) electrons. The molecule has 1 N–H and O–H groups in total. The van der Waals surface area contributed by atoms with E-state index in [1.807, 2.05) is 25.1 Å². The van der Waals surface area contributed by atoms with Crippen molar-refractivity contribution in [1.29, 1.82) is 0 Å². The van der Waals surface area contributed by atoms with E-state index in [0.717, 1.165) is 10.4 Å². The molecular weight excluding hydrogens is 322 g/mol. The van der Waals surface area contributed by atoms with E-state index in [1.165, 1.54) is 6.21 Å². The van der Waals surface area contributed by atoms with Crippen LogP contribution in [0.1, 0.15) is 16.1 Å². The van der Waals surface area contributed by atoms with Crippen molar-refractivity contribution in [2.45, 2.75) is 0 Å². The maximum absolute atomic E-state index is 11.8. The molecule has 104 valence electrons. The van der Waals surface area contributed by atoms with Crippen molar-refractivity contribution < 1.29 is 9.21 Å². The Balaban J connectivity index is 1.95. The second-order valence-corrected chi connectivity index (χ2v) is 5.19. The summed E-state index contributed by atoms with van der Waals surface area (Å²) in [7, 11) is 3.77. The predicted molar refractivity (Wildman–Crippen MR) is 82.2 cm³/mol. The van der Waals surface area contributed by atoms with Crippen molar-refractivity contribution in [3.05, 3.63) is 52.2 Å². The highest BCUT2D eigenvalue weighted by Crippen LogP contribution is 2.14. The Kier molecular flexibility index (Phi) is 4.57. The molecule has 2 aromatic rings. The average Bonchev–Trinajstić information content (AvgIpc) is 2.88. The van der Waals surface area contributed by atoms with Crippen LogP contribution in [0.4, 0.5) is 5.88 Å². The Labute approximate surface area is 125 Å². The van der Waals surface area contributed by atoms with Crippen molar-refractivity contribution in [2.75, 3.05) is 19.0 Å².